The molecule has 4 rings (SSSR count). The first kappa shape index (κ1) is 25.1. The quantitative estimate of drug-likeness (QED) is 0.283. The lowest BCUT2D eigenvalue weighted by molar-refractivity contribution is -0.117. The minimum Gasteiger partial charge on any atom is -0.313 e. The molecule has 4 aromatic rings. The van der Waals surface area contributed by atoms with E-state index in [4.69, 9.17) is 0 Å². The third kappa shape index (κ3) is 5.98. The van der Waals surface area contributed by atoms with Crippen LogP contribution in [0.1, 0.15) is 13.8 Å². The zero-order chi connectivity index (χ0) is 25.7. The van der Waals surface area contributed by atoms with Crippen LogP contribution in [0.4, 0.5) is 20.7 Å². The van der Waals surface area contributed by atoms with Crippen LogP contribution in [0.25, 0.3) is 16.9 Å². The molecule has 0 aliphatic carbocycles. The smallest absolute Gasteiger partial charge is 0.313 e. The maximum Gasteiger partial charge on any atom is 0.322 e. The Balaban J connectivity index is 1.57. The van der Waals surface area contributed by atoms with Gasteiger partial charge in [-0.2, -0.15) is 5.10 Å². The molecule has 0 saturated carbocycles. The summed E-state index contributed by atoms with van der Waals surface area (Å²) in [4.78, 5) is 27.5. The van der Waals surface area contributed by atoms with Crippen LogP contribution in [0.15, 0.2) is 89.4 Å². The van der Waals surface area contributed by atoms with Gasteiger partial charge in [0.2, 0.25) is 5.91 Å². The van der Waals surface area contributed by atoms with E-state index in [1.165, 1.54) is 17.0 Å². The second kappa shape index (κ2) is 11.2. The highest BCUT2D eigenvalue weighted by Crippen LogP contribution is 2.25. The number of para-hydroxylation sites is 1. The maximum atomic E-state index is 13.5. The second-order valence-corrected chi connectivity index (χ2v) is 9.20. The molecule has 1 aromatic heterocycles. The Hall–Kier alpha value is -3.98. The number of anilines is 2. The van der Waals surface area contributed by atoms with Crippen LogP contribution >= 0.6 is 15.9 Å². The molecule has 0 aliphatic heterocycles. The molecule has 0 fully saturated rings. The standard InChI is InChI=1S/C27H25BrFN5O2/c1-18(2)33(27(36)30-23-11-7-6-10-22(23)28)17-26(35)31-25-16-24(19-8-4-3-5-9-19)32-34(25)21-14-12-20(29)13-15-21/h3-16,18H,17H2,1-2H3,(H,30,36)(H,31,35). The highest BCUT2D eigenvalue weighted by Gasteiger charge is 2.22. The van der Waals surface area contributed by atoms with Gasteiger partial charge in [-0.1, -0.05) is 42.5 Å². The molecule has 1 heterocycles. The van der Waals surface area contributed by atoms with Crippen molar-refractivity contribution in [3.05, 3.63) is 95.2 Å². The lowest BCUT2D eigenvalue weighted by Gasteiger charge is -2.26. The number of halogens is 2. The summed E-state index contributed by atoms with van der Waals surface area (Å²) in [6, 6.07) is 23.7. The summed E-state index contributed by atoms with van der Waals surface area (Å²) in [6.07, 6.45) is 0. The highest BCUT2D eigenvalue weighted by atomic mass is 79.9. The van der Waals surface area contributed by atoms with E-state index in [0.717, 1.165) is 10.0 Å². The van der Waals surface area contributed by atoms with E-state index in [9.17, 15) is 14.0 Å². The molecule has 0 saturated heterocycles. The van der Waals surface area contributed by atoms with E-state index in [0.29, 0.717) is 22.9 Å². The number of urea groups is 1. The first-order chi connectivity index (χ1) is 17.3. The lowest BCUT2D eigenvalue weighted by atomic mass is 10.1. The fraction of sp³-hybridized carbons (Fsp3) is 0.148. The summed E-state index contributed by atoms with van der Waals surface area (Å²) in [5.41, 5.74) is 2.70. The molecule has 184 valence electrons. The summed E-state index contributed by atoms with van der Waals surface area (Å²) < 4.78 is 15.8. The minimum absolute atomic E-state index is 0.177. The Morgan fingerprint density at radius 1 is 0.972 bits per heavy atom. The normalized spacial score (nSPS) is 10.8. The van der Waals surface area contributed by atoms with Gasteiger partial charge in [0.1, 0.15) is 18.2 Å². The van der Waals surface area contributed by atoms with Gasteiger partial charge in [0, 0.05) is 22.1 Å². The Bertz CT molecular complexity index is 1360. The number of carbonyl (C=O) groups is 2. The van der Waals surface area contributed by atoms with Crippen LogP contribution in [0.5, 0.6) is 0 Å². The molecule has 0 unspecified atom stereocenters. The molecule has 0 aliphatic rings. The van der Waals surface area contributed by atoms with Crippen molar-refractivity contribution in [2.24, 2.45) is 0 Å². The molecule has 7 nitrogen and oxygen atoms in total. The predicted octanol–water partition coefficient (Wildman–Crippen LogP) is 6.32. The van der Waals surface area contributed by atoms with E-state index >= 15 is 0 Å². The predicted molar refractivity (Wildman–Crippen MR) is 143 cm³/mol. The van der Waals surface area contributed by atoms with E-state index in [1.54, 1.807) is 28.9 Å². The van der Waals surface area contributed by atoms with Gasteiger partial charge in [0.05, 0.1) is 17.1 Å². The van der Waals surface area contributed by atoms with Gasteiger partial charge in [-0.05, 0) is 66.2 Å². The van der Waals surface area contributed by atoms with Crippen LogP contribution in [-0.2, 0) is 4.79 Å². The molecule has 0 radical (unpaired) electrons. The SMILES string of the molecule is CC(C)N(CC(=O)Nc1cc(-c2ccccc2)nn1-c1ccc(F)cc1)C(=O)Nc1ccccc1Br. The van der Waals surface area contributed by atoms with Crippen molar-refractivity contribution >= 4 is 39.4 Å². The first-order valence-electron chi connectivity index (χ1n) is 11.4. The maximum absolute atomic E-state index is 13.5. The second-order valence-electron chi connectivity index (χ2n) is 8.35. The molecule has 3 aromatic carbocycles. The average Bonchev–Trinajstić information content (AvgIpc) is 3.28. The number of benzene rings is 3. The van der Waals surface area contributed by atoms with E-state index in [-0.39, 0.29) is 18.4 Å². The Kier molecular flexibility index (Phi) is 7.80. The molecule has 36 heavy (non-hydrogen) atoms. The summed E-state index contributed by atoms with van der Waals surface area (Å²) in [5.74, 6) is -0.363. The van der Waals surface area contributed by atoms with E-state index < -0.39 is 11.9 Å². The number of rotatable bonds is 7. The van der Waals surface area contributed by atoms with Crippen LogP contribution in [0.2, 0.25) is 0 Å². The van der Waals surface area contributed by atoms with Gasteiger partial charge in [-0.15, -0.1) is 0 Å². The summed E-state index contributed by atoms with van der Waals surface area (Å²) in [5, 5.41) is 10.3. The number of nitrogens with one attached hydrogen (secondary N) is 2. The molecule has 0 bridgehead atoms. The van der Waals surface area contributed by atoms with Gasteiger partial charge >= 0.3 is 6.03 Å². The number of hydrogen-bond donors (Lipinski definition) is 2. The van der Waals surface area contributed by atoms with Crippen LogP contribution in [0, 0.1) is 5.82 Å². The first-order valence-corrected chi connectivity index (χ1v) is 12.1. The summed E-state index contributed by atoms with van der Waals surface area (Å²) >= 11 is 3.42. The third-order valence-electron chi connectivity index (χ3n) is 5.43. The molecule has 3 amide bonds. The number of hydrogen-bond acceptors (Lipinski definition) is 3. The summed E-state index contributed by atoms with van der Waals surface area (Å²) in [7, 11) is 0. The number of carbonyl (C=O) groups excluding carboxylic acids is 2. The van der Waals surface area contributed by atoms with Gasteiger partial charge in [0.15, 0.2) is 0 Å². The topological polar surface area (TPSA) is 79.3 Å². The largest absolute Gasteiger partial charge is 0.322 e. The average molecular weight is 550 g/mol. The molecule has 0 spiro atoms. The van der Waals surface area contributed by atoms with Crippen LogP contribution < -0.4 is 10.6 Å². The zero-order valence-corrected chi connectivity index (χ0v) is 21.4. The Morgan fingerprint density at radius 2 is 1.64 bits per heavy atom. The minimum atomic E-state index is -0.399. The Labute approximate surface area is 217 Å². The Morgan fingerprint density at radius 3 is 2.31 bits per heavy atom. The number of aromatic nitrogens is 2. The van der Waals surface area contributed by atoms with Crippen molar-refractivity contribution in [1.29, 1.82) is 0 Å². The van der Waals surface area contributed by atoms with Crippen LogP contribution in [0.3, 0.4) is 0 Å². The van der Waals surface area contributed by atoms with E-state index in [2.05, 4.69) is 31.7 Å². The fourth-order valence-corrected chi connectivity index (χ4v) is 3.96. The van der Waals surface area contributed by atoms with Crippen molar-refractivity contribution in [2.75, 3.05) is 17.2 Å². The van der Waals surface area contributed by atoms with Gasteiger partial charge in [-0.3, -0.25) is 4.79 Å². The number of amides is 3. The number of nitrogens with zero attached hydrogens (tertiary/aromatic N) is 3. The zero-order valence-electron chi connectivity index (χ0n) is 19.8. The van der Waals surface area contributed by atoms with Crippen molar-refractivity contribution in [2.45, 2.75) is 19.9 Å². The highest BCUT2D eigenvalue weighted by molar-refractivity contribution is 9.10. The van der Waals surface area contributed by atoms with Crippen molar-refractivity contribution in [3.63, 3.8) is 0 Å². The third-order valence-corrected chi connectivity index (χ3v) is 6.12. The van der Waals surface area contributed by atoms with E-state index in [1.807, 2.05) is 62.4 Å². The molecule has 0 atom stereocenters. The van der Waals surface area contributed by atoms with Gasteiger partial charge in [0.25, 0.3) is 0 Å². The molecule has 9 heteroatoms. The van der Waals surface area contributed by atoms with Crippen LogP contribution in [-0.4, -0.2) is 39.2 Å². The molecular weight excluding hydrogens is 525 g/mol. The lowest BCUT2D eigenvalue weighted by Crippen LogP contribution is -2.44. The fourth-order valence-electron chi connectivity index (χ4n) is 3.57. The van der Waals surface area contributed by atoms with Gasteiger partial charge < -0.3 is 15.5 Å². The molecule has 2 N–H and O–H groups in total. The van der Waals surface area contributed by atoms with Gasteiger partial charge in [-0.25, -0.2) is 13.9 Å². The molecular formula is C27H25BrFN5O2. The van der Waals surface area contributed by atoms with Crippen molar-refractivity contribution in [3.8, 4) is 16.9 Å². The monoisotopic (exact) mass is 549 g/mol. The van der Waals surface area contributed by atoms with Crippen molar-refractivity contribution < 1.29 is 14.0 Å². The van der Waals surface area contributed by atoms with Crippen molar-refractivity contribution in [1.82, 2.24) is 14.7 Å². The summed E-state index contributed by atoms with van der Waals surface area (Å²) in [6.45, 7) is 3.50.